The van der Waals surface area contributed by atoms with Crippen molar-refractivity contribution in [1.29, 1.82) is 0 Å². The van der Waals surface area contributed by atoms with Crippen LogP contribution in [0.1, 0.15) is 19.4 Å². The summed E-state index contributed by atoms with van der Waals surface area (Å²) in [7, 11) is 1.61. The Hall–Kier alpha value is -1.19. The van der Waals surface area contributed by atoms with Gasteiger partial charge in [-0.15, -0.1) is 0 Å². The summed E-state index contributed by atoms with van der Waals surface area (Å²) in [5, 5.41) is 4.02. The predicted molar refractivity (Wildman–Crippen MR) is 80.2 cm³/mol. The predicted octanol–water partition coefficient (Wildman–Crippen LogP) is 3.66. The van der Waals surface area contributed by atoms with Crippen LogP contribution in [0.4, 0.5) is 0 Å². The molecule has 0 spiro atoms. The Morgan fingerprint density at radius 2 is 2.16 bits per heavy atom. The van der Waals surface area contributed by atoms with Crippen LogP contribution in [-0.2, 0) is 6.54 Å². The van der Waals surface area contributed by atoms with Crippen molar-refractivity contribution in [3.05, 3.63) is 35.4 Å². The van der Waals surface area contributed by atoms with E-state index >= 15 is 0 Å². The summed E-state index contributed by atoms with van der Waals surface area (Å²) in [6.45, 7) is 10.1. The minimum atomic E-state index is 0.440. The molecule has 1 N–H and O–H groups in total. The Balaban J connectivity index is 2.91. The van der Waals surface area contributed by atoms with Gasteiger partial charge >= 0.3 is 0 Å². The van der Waals surface area contributed by atoms with Crippen molar-refractivity contribution in [1.82, 2.24) is 5.32 Å². The standard InChI is InChI=1S/C15H22ClNO2/c1-5-6-19-15-12(10-17-9-11(2)3)7-13(16)8-14(15)18-4/h5,7-8,11,17H,1,6,9-10H2,2-4H3. The van der Waals surface area contributed by atoms with Gasteiger partial charge in [0, 0.05) is 23.2 Å². The number of ether oxygens (including phenoxy) is 2. The van der Waals surface area contributed by atoms with Crippen LogP contribution in [0.15, 0.2) is 24.8 Å². The van der Waals surface area contributed by atoms with Gasteiger partial charge in [-0.3, -0.25) is 0 Å². The van der Waals surface area contributed by atoms with E-state index in [1.54, 1.807) is 19.3 Å². The van der Waals surface area contributed by atoms with Crippen molar-refractivity contribution in [3.63, 3.8) is 0 Å². The molecule has 0 radical (unpaired) electrons. The SMILES string of the molecule is C=CCOc1c(CNCC(C)C)cc(Cl)cc1OC. The fourth-order valence-corrected chi connectivity index (χ4v) is 1.94. The molecule has 0 fully saturated rings. The zero-order valence-corrected chi connectivity index (χ0v) is 12.6. The van der Waals surface area contributed by atoms with Crippen LogP contribution in [0.25, 0.3) is 0 Å². The molecule has 0 aliphatic rings. The van der Waals surface area contributed by atoms with E-state index in [1.165, 1.54) is 0 Å². The first-order chi connectivity index (χ1) is 9.08. The summed E-state index contributed by atoms with van der Waals surface area (Å²) in [6, 6.07) is 3.65. The van der Waals surface area contributed by atoms with Crippen LogP contribution >= 0.6 is 11.6 Å². The number of methoxy groups -OCH3 is 1. The van der Waals surface area contributed by atoms with Gasteiger partial charge < -0.3 is 14.8 Å². The maximum Gasteiger partial charge on any atom is 0.166 e. The Morgan fingerprint density at radius 3 is 2.74 bits per heavy atom. The lowest BCUT2D eigenvalue weighted by Gasteiger charge is -2.16. The van der Waals surface area contributed by atoms with Crippen LogP contribution in [0, 0.1) is 5.92 Å². The summed E-state index contributed by atoms with van der Waals surface area (Å²) >= 11 is 6.09. The van der Waals surface area contributed by atoms with E-state index in [2.05, 4.69) is 25.7 Å². The van der Waals surface area contributed by atoms with Crippen LogP contribution in [0.3, 0.4) is 0 Å². The quantitative estimate of drug-likeness (QED) is 0.739. The average Bonchev–Trinajstić information content (AvgIpc) is 2.36. The molecule has 0 saturated heterocycles. The van der Waals surface area contributed by atoms with Gasteiger partial charge in [-0.2, -0.15) is 0 Å². The van der Waals surface area contributed by atoms with Gasteiger partial charge in [0.25, 0.3) is 0 Å². The van der Waals surface area contributed by atoms with Gasteiger partial charge in [0.15, 0.2) is 11.5 Å². The van der Waals surface area contributed by atoms with Gasteiger partial charge in [0.1, 0.15) is 6.61 Å². The summed E-state index contributed by atoms with van der Waals surface area (Å²) in [6.07, 6.45) is 1.71. The number of hydrogen-bond donors (Lipinski definition) is 1. The fraction of sp³-hybridized carbons (Fsp3) is 0.467. The van der Waals surface area contributed by atoms with Crippen molar-refractivity contribution < 1.29 is 9.47 Å². The number of nitrogens with one attached hydrogen (secondary N) is 1. The van der Waals surface area contributed by atoms with Crippen molar-refractivity contribution >= 4 is 11.6 Å². The molecule has 0 aliphatic heterocycles. The Kier molecular flexibility index (Phi) is 6.74. The first-order valence-corrected chi connectivity index (χ1v) is 6.77. The molecule has 0 aromatic heterocycles. The normalized spacial score (nSPS) is 10.6. The topological polar surface area (TPSA) is 30.5 Å². The number of benzene rings is 1. The molecule has 3 nitrogen and oxygen atoms in total. The minimum Gasteiger partial charge on any atom is -0.493 e. The Morgan fingerprint density at radius 1 is 1.42 bits per heavy atom. The number of rotatable bonds is 8. The van der Waals surface area contributed by atoms with E-state index in [0.717, 1.165) is 17.9 Å². The van der Waals surface area contributed by atoms with Crippen LogP contribution in [0.5, 0.6) is 11.5 Å². The lowest BCUT2D eigenvalue weighted by Crippen LogP contribution is -2.19. The highest BCUT2D eigenvalue weighted by Crippen LogP contribution is 2.34. The largest absolute Gasteiger partial charge is 0.493 e. The van der Waals surface area contributed by atoms with Gasteiger partial charge in [-0.05, 0) is 18.5 Å². The monoisotopic (exact) mass is 283 g/mol. The average molecular weight is 284 g/mol. The summed E-state index contributed by atoms with van der Waals surface area (Å²) in [5.41, 5.74) is 0.992. The molecule has 106 valence electrons. The number of hydrogen-bond acceptors (Lipinski definition) is 3. The third-order valence-corrected chi connectivity index (χ3v) is 2.75. The third kappa shape index (κ3) is 5.13. The highest BCUT2D eigenvalue weighted by molar-refractivity contribution is 6.30. The molecule has 0 saturated carbocycles. The Bertz CT molecular complexity index is 419. The molecule has 1 rings (SSSR count). The molecule has 4 heteroatoms. The van der Waals surface area contributed by atoms with Crippen molar-refractivity contribution in [2.75, 3.05) is 20.3 Å². The minimum absolute atomic E-state index is 0.440. The van der Waals surface area contributed by atoms with Gasteiger partial charge in [-0.25, -0.2) is 0 Å². The second kappa shape index (κ2) is 8.08. The summed E-state index contributed by atoms with van der Waals surface area (Å²) in [5.74, 6) is 1.97. The molecule has 1 aromatic carbocycles. The smallest absolute Gasteiger partial charge is 0.166 e. The first-order valence-electron chi connectivity index (χ1n) is 6.39. The lowest BCUT2D eigenvalue weighted by atomic mass is 10.1. The van der Waals surface area contributed by atoms with E-state index in [1.807, 2.05) is 6.07 Å². The fourth-order valence-electron chi connectivity index (χ4n) is 1.71. The van der Waals surface area contributed by atoms with E-state index in [9.17, 15) is 0 Å². The molecule has 0 bridgehead atoms. The third-order valence-electron chi connectivity index (χ3n) is 2.53. The van der Waals surface area contributed by atoms with E-state index in [4.69, 9.17) is 21.1 Å². The Labute approximate surface area is 120 Å². The van der Waals surface area contributed by atoms with Crippen LogP contribution in [0.2, 0.25) is 5.02 Å². The van der Waals surface area contributed by atoms with Gasteiger partial charge in [0.05, 0.1) is 7.11 Å². The van der Waals surface area contributed by atoms with E-state index in [0.29, 0.717) is 29.8 Å². The molecule has 0 aliphatic carbocycles. The van der Waals surface area contributed by atoms with Gasteiger partial charge in [0.2, 0.25) is 0 Å². The van der Waals surface area contributed by atoms with Crippen LogP contribution < -0.4 is 14.8 Å². The van der Waals surface area contributed by atoms with Crippen molar-refractivity contribution in [2.24, 2.45) is 5.92 Å². The van der Waals surface area contributed by atoms with Gasteiger partial charge in [-0.1, -0.05) is 38.1 Å². The molecule has 0 heterocycles. The van der Waals surface area contributed by atoms with Crippen molar-refractivity contribution in [2.45, 2.75) is 20.4 Å². The first kappa shape index (κ1) is 15.9. The molecule has 1 aromatic rings. The summed E-state index contributed by atoms with van der Waals surface area (Å²) in [4.78, 5) is 0. The van der Waals surface area contributed by atoms with E-state index in [-0.39, 0.29) is 0 Å². The van der Waals surface area contributed by atoms with Crippen molar-refractivity contribution in [3.8, 4) is 11.5 Å². The molecule has 19 heavy (non-hydrogen) atoms. The maximum absolute atomic E-state index is 6.09. The zero-order chi connectivity index (χ0) is 14.3. The summed E-state index contributed by atoms with van der Waals surface area (Å²) < 4.78 is 11.0. The molecule has 0 atom stereocenters. The molecular weight excluding hydrogens is 262 g/mol. The highest BCUT2D eigenvalue weighted by Gasteiger charge is 2.12. The molecule has 0 unspecified atom stereocenters. The second-order valence-corrected chi connectivity index (χ2v) is 5.16. The molecule has 0 amide bonds. The maximum atomic E-state index is 6.09. The lowest BCUT2D eigenvalue weighted by molar-refractivity contribution is 0.322. The highest BCUT2D eigenvalue weighted by atomic mass is 35.5. The zero-order valence-electron chi connectivity index (χ0n) is 11.8. The molecular formula is C15H22ClNO2. The van der Waals surface area contributed by atoms with E-state index < -0.39 is 0 Å². The second-order valence-electron chi connectivity index (χ2n) is 4.72. The van der Waals surface area contributed by atoms with Crippen LogP contribution in [-0.4, -0.2) is 20.3 Å². The number of halogens is 1.